The zero-order chi connectivity index (χ0) is 28.7. The molecule has 5 aromatic rings. The summed E-state index contributed by atoms with van der Waals surface area (Å²) in [6, 6.07) is 23.9. The third-order valence-electron chi connectivity index (χ3n) is 6.48. The van der Waals surface area contributed by atoms with Crippen LogP contribution in [-0.2, 0) is 16.6 Å². The van der Waals surface area contributed by atoms with Gasteiger partial charge in [-0.3, -0.25) is 0 Å². The van der Waals surface area contributed by atoms with Gasteiger partial charge in [0.2, 0.25) is 5.88 Å². The number of imidazole rings is 1. The third kappa shape index (κ3) is 5.62. The highest BCUT2D eigenvalue weighted by Gasteiger charge is 2.28. The van der Waals surface area contributed by atoms with Gasteiger partial charge in [-0.05, 0) is 65.7 Å². The number of aromatic nitrogens is 3. The molecule has 0 radical (unpaired) electrons. The first kappa shape index (κ1) is 27.2. The van der Waals surface area contributed by atoms with Crippen molar-refractivity contribution in [3.63, 3.8) is 0 Å². The lowest BCUT2D eigenvalue weighted by atomic mass is 10.0. The van der Waals surface area contributed by atoms with Gasteiger partial charge < -0.3 is 9.67 Å². The van der Waals surface area contributed by atoms with Crippen LogP contribution in [0.2, 0.25) is 15.2 Å². The van der Waals surface area contributed by atoms with E-state index in [-0.39, 0.29) is 0 Å². The van der Waals surface area contributed by atoms with Gasteiger partial charge in [-0.1, -0.05) is 59.1 Å². The maximum Gasteiger partial charge on any atom is 0.330 e. The second kappa shape index (κ2) is 10.8. The number of rotatable bonds is 6. The number of pyridine rings is 1. The van der Waals surface area contributed by atoms with E-state index >= 15 is 0 Å². The minimum absolute atomic E-state index is 0.361. The van der Waals surface area contributed by atoms with E-state index in [0.717, 1.165) is 44.3 Å². The molecular formula is C29H20Cl3N5O3S. The van der Waals surface area contributed by atoms with Crippen molar-refractivity contribution in [1.29, 1.82) is 0 Å². The van der Waals surface area contributed by atoms with E-state index in [1.807, 2.05) is 51.9 Å². The van der Waals surface area contributed by atoms with Crippen LogP contribution in [0.4, 0.5) is 5.69 Å². The predicted molar refractivity (Wildman–Crippen MR) is 162 cm³/mol. The maximum atomic E-state index is 12.3. The topological polar surface area (TPSA) is 100 Å². The Hall–Kier alpha value is -4.02. The van der Waals surface area contributed by atoms with Gasteiger partial charge in [0.1, 0.15) is 11.0 Å². The second-order valence-electron chi connectivity index (χ2n) is 9.21. The molecule has 0 spiro atoms. The number of hydrogen-bond acceptors (Lipinski definition) is 5. The zero-order valence-electron chi connectivity index (χ0n) is 21.0. The lowest BCUT2D eigenvalue weighted by molar-refractivity contribution is 0.392. The highest BCUT2D eigenvalue weighted by molar-refractivity contribution is 7.91. The summed E-state index contributed by atoms with van der Waals surface area (Å²) in [6.45, 7) is 0. The number of halogens is 3. The van der Waals surface area contributed by atoms with Crippen molar-refractivity contribution in [2.75, 3.05) is 4.31 Å². The van der Waals surface area contributed by atoms with Crippen molar-refractivity contribution in [2.24, 2.45) is 0 Å². The van der Waals surface area contributed by atoms with E-state index in [1.54, 1.807) is 48.7 Å². The fourth-order valence-electron chi connectivity index (χ4n) is 4.50. The fourth-order valence-corrected chi connectivity index (χ4v) is 6.17. The average molecular weight is 625 g/mol. The standard InChI is InChI=1S/C29H20Cl3N5O3S/c30-21-6-11-24(25(31)14-21)26-16-36(22-7-9-23(10-8-22)37-17-29(38)35-41(37,39)40)28(34-26)13-18-1-3-19(4-2-18)20-5-12-27(32)33-15-20/h1-12,14-17,35,38H,13H2. The Labute approximate surface area is 251 Å². The minimum Gasteiger partial charge on any atom is -0.493 e. The van der Waals surface area contributed by atoms with E-state index in [9.17, 15) is 13.5 Å². The summed E-state index contributed by atoms with van der Waals surface area (Å²) >= 11 is 18.5. The fraction of sp³-hybridized carbons (Fsp3) is 0.0345. The van der Waals surface area contributed by atoms with Crippen molar-refractivity contribution >= 4 is 50.7 Å². The van der Waals surface area contributed by atoms with Gasteiger partial charge >= 0.3 is 10.2 Å². The van der Waals surface area contributed by atoms with Crippen molar-refractivity contribution in [1.82, 2.24) is 19.3 Å². The number of anilines is 1. The Kier molecular flexibility index (Phi) is 7.13. The first-order chi connectivity index (χ1) is 19.7. The quantitative estimate of drug-likeness (QED) is 0.195. The van der Waals surface area contributed by atoms with Gasteiger partial charge in [-0.15, -0.1) is 0 Å². The molecule has 0 bridgehead atoms. The van der Waals surface area contributed by atoms with E-state index in [0.29, 0.717) is 33.0 Å². The molecule has 41 heavy (non-hydrogen) atoms. The minimum atomic E-state index is -3.90. The van der Waals surface area contributed by atoms with Gasteiger partial charge in [-0.25, -0.2) is 19.0 Å². The van der Waals surface area contributed by atoms with E-state index in [2.05, 4.69) is 4.98 Å². The highest BCUT2D eigenvalue weighted by atomic mass is 35.5. The van der Waals surface area contributed by atoms with Gasteiger partial charge in [0.25, 0.3) is 0 Å². The van der Waals surface area contributed by atoms with Gasteiger partial charge in [0, 0.05) is 40.7 Å². The molecule has 0 fully saturated rings. The largest absolute Gasteiger partial charge is 0.493 e. The molecule has 0 atom stereocenters. The number of aliphatic hydroxyl groups excluding tert-OH is 1. The Morgan fingerprint density at radius 2 is 1.56 bits per heavy atom. The Morgan fingerprint density at radius 1 is 0.854 bits per heavy atom. The van der Waals surface area contributed by atoms with Crippen LogP contribution in [-0.4, -0.2) is 28.1 Å². The van der Waals surface area contributed by atoms with Crippen molar-refractivity contribution in [3.05, 3.63) is 130 Å². The molecule has 8 nitrogen and oxygen atoms in total. The van der Waals surface area contributed by atoms with Gasteiger partial charge in [0.05, 0.1) is 22.6 Å². The van der Waals surface area contributed by atoms with Crippen LogP contribution < -0.4 is 9.03 Å². The molecule has 3 heterocycles. The summed E-state index contributed by atoms with van der Waals surface area (Å²) < 4.78 is 29.5. The summed E-state index contributed by atoms with van der Waals surface area (Å²) in [6.07, 6.45) is 5.23. The molecule has 6 rings (SSSR count). The van der Waals surface area contributed by atoms with Crippen LogP contribution in [0.25, 0.3) is 28.1 Å². The van der Waals surface area contributed by atoms with E-state index < -0.39 is 16.1 Å². The molecule has 2 N–H and O–H groups in total. The monoisotopic (exact) mass is 623 g/mol. The van der Waals surface area contributed by atoms with Gasteiger partial charge in [0.15, 0.2) is 0 Å². The molecular weight excluding hydrogens is 605 g/mol. The molecule has 0 saturated carbocycles. The van der Waals surface area contributed by atoms with Crippen LogP contribution in [0.1, 0.15) is 11.4 Å². The Bertz CT molecular complexity index is 1890. The van der Waals surface area contributed by atoms with E-state index in [4.69, 9.17) is 39.8 Å². The molecule has 0 aliphatic carbocycles. The summed E-state index contributed by atoms with van der Waals surface area (Å²) in [5, 5.41) is 11.1. The normalized spacial score (nSPS) is 14.1. The van der Waals surface area contributed by atoms with E-state index in [1.165, 1.54) is 0 Å². The summed E-state index contributed by atoms with van der Waals surface area (Å²) in [5.74, 6) is 0.293. The number of benzene rings is 3. The summed E-state index contributed by atoms with van der Waals surface area (Å²) in [5.41, 5.74) is 5.51. The summed E-state index contributed by atoms with van der Waals surface area (Å²) in [4.78, 5) is 9.07. The van der Waals surface area contributed by atoms with Crippen molar-refractivity contribution in [3.8, 4) is 28.1 Å². The second-order valence-corrected chi connectivity index (χ2v) is 12.0. The van der Waals surface area contributed by atoms with Crippen molar-refractivity contribution < 1.29 is 13.5 Å². The average Bonchev–Trinajstić information content (AvgIpc) is 3.48. The first-order valence-electron chi connectivity index (χ1n) is 12.2. The molecule has 2 aromatic heterocycles. The zero-order valence-corrected chi connectivity index (χ0v) is 24.1. The molecule has 3 aromatic carbocycles. The van der Waals surface area contributed by atoms with Crippen LogP contribution in [0.3, 0.4) is 0 Å². The number of aliphatic hydroxyl groups is 1. The van der Waals surface area contributed by atoms with Crippen molar-refractivity contribution in [2.45, 2.75) is 6.42 Å². The molecule has 0 unspecified atom stereocenters. The molecule has 1 aliphatic heterocycles. The first-order valence-corrected chi connectivity index (χ1v) is 14.8. The smallest absolute Gasteiger partial charge is 0.330 e. The van der Waals surface area contributed by atoms with Crippen LogP contribution in [0.5, 0.6) is 0 Å². The third-order valence-corrected chi connectivity index (χ3v) is 8.55. The maximum absolute atomic E-state index is 12.3. The van der Waals surface area contributed by atoms with Crippen LogP contribution in [0.15, 0.2) is 103 Å². The molecule has 0 amide bonds. The lowest BCUT2D eigenvalue weighted by Gasteiger charge is -2.15. The Balaban J connectivity index is 1.36. The number of nitrogens with one attached hydrogen (secondary N) is 1. The van der Waals surface area contributed by atoms with Crippen LogP contribution >= 0.6 is 34.8 Å². The SMILES string of the molecule is O=S1(=O)NC(O)=CN1c1ccc(-n2cc(-c3ccc(Cl)cc3Cl)nc2Cc2ccc(-c3ccc(Cl)nc3)cc2)cc1. The van der Waals surface area contributed by atoms with Gasteiger partial charge in [-0.2, -0.15) is 8.42 Å². The molecule has 0 saturated heterocycles. The predicted octanol–water partition coefficient (Wildman–Crippen LogP) is 7.16. The summed E-state index contributed by atoms with van der Waals surface area (Å²) in [7, 11) is -3.90. The number of nitrogens with zero attached hydrogens (tertiary/aromatic N) is 4. The van der Waals surface area contributed by atoms with Crippen LogP contribution in [0, 0.1) is 0 Å². The molecule has 206 valence electrons. The lowest BCUT2D eigenvalue weighted by Crippen LogP contribution is -2.29. The Morgan fingerprint density at radius 3 is 2.20 bits per heavy atom. The highest BCUT2D eigenvalue weighted by Crippen LogP contribution is 2.32. The molecule has 12 heteroatoms. The number of hydrogen-bond donors (Lipinski definition) is 2. The molecule has 1 aliphatic rings.